The first-order valence-corrected chi connectivity index (χ1v) is 9.08. The van der Waals surface area contributed by atoms with Gasteiger partial charge in [0, 0.05) is 25.1 Å². The number of fused-ring (bicyclic) bond motifs is 2. The Morgan fingerprint density at radius 3 is 2.85 bits per heavy atom. The highest BCUT2D eigenvalue weighted by molar-refractivity contribution is 5.97. The summed E-state index contributed by atoms with van der Waals surface area (Å²) in [5, 5.41) is 3.53. The van der Waals surface area contributed by atoms with E-state index in [1.807, 2.05) is 18.2 Å². The Morgan fingerprint density at radius 1 is 1.15 bits per heavy atom. The smallest absolute Gasteiger partial charge is 0.261 e. The molecule has 0 unspecified atom stereocenters. The molecule has 4 rings (SSSR count). The van der Waals surface area contributed by atoms with Gasteiger partial charge < -0.3 is 5.32 Å². The highest BCUT2D eigenvalue weighted by atomic mass is 16.1. The molecule has 2 aromatic carbocycles. The molecule has 1 N–H and O–H groups in total. The van der Waals surface area contributed by atoms with Gasteiger partial charge in [0.15, 0.2) is 0 Å². The van der Waals surface area contributed by atoms with Crippen molar-refractivity contribution in [3.63, 3.8) is 0 Å². The predicted octanol–water partition coefficient (Wildman–Crippen LogP) is 2.71. The van der Waals surface area contributed by atoms with Crippen LogP contribution in [0.5, 0.6) is 0 Å². The summed E-state index contributed by atoms with van der Waals surface area (Å²) in [4.78, 5) is 29.4. The first-order valence-electron chi connectivity index (χ1n) is 9.08. The molecular formula is C21H21N3O2. The zero-order chi connectivity index (χ0) is 17.9. The zero-order valence-electron chi connectivity index (χ0n) is 14.6. The standard InChI is InChI=1S/C21H21N3O2/c25-20(22-12-4-8-15-6-2-1-3-7-15)16-10-11-17-18(14-16)23-19-9-5-13-24(19)21(17)26/h1-3,6-7,10-11,14H,4-5,8-9,12-13H2,(H,22,25). The van der Waals surface area contributed by atoms with Crippen molar-refractivity contribution in [1.29, 1.82) is 0 Å². The first kappa shape index (κ1) is 16.5. The molecule has 0 saturated heterocycles. The summed E-state index contributed by atoms with van der Waals surface area (Å²) in [5.74, 6) is 0.699. The number of nitrogens with zero attached hydrogens (tertiary/aromatic N) is 2. The molecule has 0 radical (unpaired) electrons. The van der Waals surface area contributed by atoms with E-state index < -0.39 is 0 Å². The van der Waals surface area contributed by atoms with Crippen LogP contribution >= 0.6 is 0 Å². The number of carbonyl (C=O) groups excluding carboxylic acids is 1. The lowest BCUT2D eigenvalue weighted by Crippen LogP contribution is -2.25. The minimum Gasteiger partial charge on any atom is -0.352 e. The van der Waals surface area contributed by atoms with Crippen molar-refractivity contribution in [2.45, 2.75) is 32.2 Å². The molecule has 0 saturated carbocycles. The third-order valence-electron chi connectivity index (χ3n) is 4.85. The first-order chi connectivity index (χ1) is 12.7. The van der Waals surface area contributed by atoms with Crippen LogP contribution in [0.3, 0.4) is 0 Å². The number of hydrogen-bond donors (Lipinski definition) is 1. The van der Waals surface area contributed by atoms with E-state index in [0.29, 0.717) is 23.0 Å². The van der Waals surface area contributed by atoms with Crippen molar-refractivity contribution in [2.75, 3.05) is 6.54 Å². The van der Waals surface area contributed by atoms with Gasteiger partial charge in [0.05, 0.1) is 10.9 Å². The average Bonchev–Trinajstić information content (AvgIpc) is 3.14. The maximum absolute atomic E-state index is 12.5. The van der Waals surface area contributed by atoms with Crippen LogP contribution in [0.2, 0.25) is 0 Å². The highest BCUT2D eigenvalue weighted by Crippen LogP contribution is 2.16. The van der Waals surface area contributed by atoms with Crippen LogP contribution in [-0.2, 0) is 19.4 Å². The molecule has 0 bridgehead atoms. The fraction of sp³-hybridized carbons (Fsp3) is 0.286. The van der Waals surface area contributed by atoms with E-state index >= 15 is 0 Å². The molecule has 5 nitrogen and oxygen atoms in total. The second-order valence-electron chi connectivity index (χ2n) is 6.67. The molecule has 0 atom stereocenters. The largest absolute Gasteiger partial charge is 0.352 e. The Hall–Kier alpha value is -2.95. The predicted molar refractivity (Wildman–Crippen MR) is 101 cm³/mol. The lowest BCUT2D eigenvalue weighted by atomic mass is 10.1. The van der Waals surface area contributed by atoms with Gasteiger partial charge >= 0.3 is 0 Å². The highest BCUT2D eigenvalue weighted by Gasteiger charge is 2.17. The summed E-state index contributed by atoms with van der Waals surface area (Å²) >= 11 is 0. The Bertz CT molecular complexity index is 1010. The molecule has 1 aromatic heterocycles. The van der Waals surface area contributed by atoms with Crippen LogP contribution in [0.4, 0.5) is 0 Å². The van der Waals surface area contributed by atoms with Gasteiger partial charge in [-0.2, -0.15) is 0 Å². The Kier molecular flexibility index (Phi) is 4.52. The molecule has 1 amide bonds. The number of nitrogens with one attached hydrogen (secondary N) is 1. The molecular weight excluding hydrogens is 326 g/mol. The third kappa shape index (κ3) is 3.25. The molecule has 26 heavy (non-hydrogen) atoms. The van der Waals surface area contributed by atoms with E-state index in [1.54, 1.807) is 22.8 Å². The fourth-order valence-corrected chi connectivity index (χ4v) is 3.47. The topological polar surface area (TPSA) is 64.0 Å². The van der Waals surface area contributed by atoms with Crippen molar-refractivity contribution in [3.8, 4) is 0 Å². The van der Waals surface area contributed by atoms with Crippen LogP contribution in [0.25, 0.3) is 10.9 Å². The fourth-order valence-electron chi connectivity index (χ4n) is 3.47. The minimum atomic E-state index is -0.123. The summed E-state index contributed by atoms with van der Waals surface area (Å²) in [7, 11) is 0. The molecule has 0 fully saturated rings. The zero-order valence-corrected chi connectivity index (χ0v) is 14.6. The molecule has 1 aliphatic heterocycles. The second kappa shape index (κ2) is 7.12. The molecule has 3 aromatic rings. The van der Waals surface area contributed by atoms with E-state index in [0.717, 1.165) is 38.1 Å². The quantitative estimate of drug-likeness (QED) is 0.722. The summed E-state index contributed by atoms with van der Waals surface area (Å²) in [6.45, 7) is 1.35. The molecule has 5 heteroatoms. The number of rotatable bonds is 5. The van der Waals surface area contributed by atoms with Gasteiger partial charge in [0.1, 0.15) is 5.82 Å². The van der Waals surface area contributed by atoms with Gasteiger partial charge in [-0.05, 0) is 43.0 Å². The van der Waals surface area contributed by atoms with Crippen molar-refractivity contribution < 1.29 is 4.79 Å². The normalized spacial score (nSPS) is 12.9. The lowest BCUT2D eigenvalue weighted by molar-refractivity contribution is 0.0953. The van der Waals surface area contributed by atoms with Crippen LogP contribution < -0.4 is 10.9 Å². The van der Waals surface area contributed by atoms with Crippen LogP contribution in [0.1, 0.15) is 34.6 Å². The number of aryl methyl sites for hydroxylation is 2. The molecule has 132 valence electrons. The Labute approximate surface area is 151 Å². The number of aromatic nitrogens is 2. The molecule has 1 aliphatic rings. The van der Waals surface area contributed by atoms with Gasteiger partial charge in [-0.25, -0.2) is 4.98 Å². The van der Waals surface area contributed by atoms with Crippen LogP contribution in [0, 0.1) is 0 Å². The lowest BCUT2D eigenvalue weighted by Gasteiger charge is -2.08. The summed E-state index contributed by atoms with van der Waals surface area (Å²) in [6, 6.07) is 15.4. The van der Waals surface area contributed by atoms with Crippen LogP contribution in [-0.4, -0.2) is 22.0 Å². The van der Waals surface area contributed by atoms with E-state index in [-0.39, 0.29) is 11.5 Å². The van der Waals surface area contributed by atoms with Gasteiger partial charge in [0.2, 0.25) is 0 Å². The van der Waals surface area contributed by atoms with Gasteiger partial charge in [-0.3, -0.25) is 14.2 Å². The average molecular weight is 347 g/mol. The van der Waals surface area contributed by atoms with E-state index in [4.69, 9.17) is 0 Å². The summed E-state index contributed by atoms with van der Waals surface area (Å²) < 4.78 is 1.74. The number of amides is 1. The van der Waals surface area contributed by atoms with Gasteiger partial charge in [-0.15, -0.1) is 0 Å². The van der Waals surface area contributed by atoms with Gasteiger partial charge in [0.25, 0.3) is 11.5 Å². The monoisotopic (exact) mass is 347 g/mol. The Morgan fingerprint density at radius 2 is 2.00 bits per heavy atom. The number of hydrogen-bond acceptors (Lipinski definition) is 3. The van der Waals surface area contributed by atoms with E-state index in [2.05, 4.69) is 22.4 Å². The molecule has 2 heterocycles. The second-order valence-corrected chi connectivity index (χ2v) is 6.67. The van der Waals surface area contributed by atoms with Crippen molar-refractivity contribution in [1.82, 2.24) is 14.9 Å². The maximum atomic E-state index is 12.5. The summed E-state index contributed by atoms with van der Waals surface area (Å²) in [6.07, 6.45) is 3.59. The molecule has 0 aliphatic carbocycles. The SMILES string of the molecule is O=C(NCCCc1ccccc1)c1ccc2c(=O)n3c(nc2c1)CCC3. The van der Waals surface area contributed by atoms with Gasteiger partial charge in [-0.1, -0.05) is 30.3 Å². The number of benzene rings is 2. The Balaban J connectivity index is 1.44. The molecule has 0 spiro atoms. The minimum absolute atomic E-state index is 0.00248. The van der Waals surface area contributed by atoms with Crippen molar-refractivity contribution in [3.05, 3.63) is 75.8 Å². The van der Waals surface area contributed by atoms with E-state index in [9.17, 15) is 9.59 Å². The number of carbonyl (C=O) groups is 1. The van der Waals surface area contributed by atoms with Crippen molar-refractivity contribution in [2.24, 2.45) is 0 Å². The third-order valence-corrected chi connectivity index (χ3v) is 4.85. The van der Waals surface area contributed by atoms with Crippen LogP contribution in [0.15, 0.2) is 53.3 Å². The van der Waals surface area contributed by atoms with Crippen molar-refractivity contribution >= 4 is 16.8 Å². The maximum Gasteiger partial charge on any atom is 0.261 e. The van der Waals surface area contributed by atoms with E-state index in [1.165, 1.54) is 5.56 Å². The summed E-state index contributed by atoms with van der Waals surface area (Å²) in [5.41, 5.74) is 2.43.